The molecule has 6 heteroatoms. The molecule has 1 aliphatic heterocycles. The van der Waals surface area contributed by atoms with Crippen LogP contribution in [-0.4, -0.2) is 23.3 Å². The minimum Gasteiger partial charge on any atom is -0.484 e. The van der Waals surface area contributed by atoms with E-state index in [-0.39, 0.29) is 12.4 Å². The van der Waals surface area contributed by atoms with Gasteiger partial charge >= 0.3 is 7.12 Å². The Morgan fingerprint density at radius 1 is 1.08 bits per heavy atom. The first-order valence-corrected chi connectivity index (χ1v) is 7.96. The van der Waals surface area contributed by atoms with Crippen molar-refractivity contribution >= 4 is 12.6 Å². The number of nitrogens with zero attached hydrogens (tertiary/aromatic N) is 1. The molecule has 0 spiro atoms. The summed E-state index contributed by atoms with van der Waals surface area (Å²) in [5.41, 5.74) is 0.671. The maximum absolute atomic E-state index is 13.9. The minimum absolute atomic E-state index is 0.0889. The molecule has 1 saturated heterocycles. The summed E-state index contributed by atoms with van der Waals surface area (Å²) in [4.78, 5) is 3.78. The first kappa shape index (κ1) is 16.9. The molecule has 0 bridgehead atoms. The number of rotatable bonds is 4. The topological polar surface area (TPSA) is 40.6 Å². The van der Waals surface area contributed by atoms with Crippen LogP contribution in [-0.2, 0) is 15.9 Å². The molecule has 0 aliphatic carbocycles. The summed E-state index contributed by atoms with van der Waals surface area (Å²) < 4.78 is 31.5. The average Bonchev–Trinajstić information content (AvgIpc) is 2.75. The zero-order valence-corrected chi connectivity index (χ0v) is 14.4. The van der Waals surface area contributed by atoms with Crippen LogP contribution in [0.2, 0.25) is 0 Å². The van der Waals surface area contributed by atoms with E-state index >= 15 is 0 Å². The van der Waals surface area contributed by atoms with Gasteiger partial charge < -0.3 is 14.0 Å². The Morgan fingerprint density at radius 3 is 2.33 bits per heavy atom. The number of aromatic nitrogens is 1. The third-order valence-corrected chi connectivity index (χ3v) is 4.59. The summed E-state index contributed by atoms with van der Waals surface area (Å²) in [7, 11) is -0.595. The summed E-state index contributed by atoms with van der Waals surface area (Å²) in [5.74, 6) is -0.558. The van der Waals surface area contributed by atoms with Gasteiger partial charge in [-0.3, -0.25) is 0 Å². The maximum atomic E-state index is 13.9. The normalized spacial score (nSPS) is 18.6. The first-order valence-electron chi connectivity index (χ1n) is 7.96. The van der Waals surface area contributed by atoms with Crippen LogP contribution in [0.1, 0.15) is 33.3 Å². The quantitative estimate of drug-likeness (QED) is 0.638. The molecule has 0 atom stereocenters. The second kappa shape index (κ2) is 6.18. The van der Waals surface area contributed by atoms with Gasteiger partial charge in [0.1, 0.15) is 6.61 Å². The molecule has 2 heterocycles. The van der Waals surface area contributed by atoms with Crippen molar-refractivity contribution in [3.8, 4) is 5.75 Å². The zero-order chi connectivity index (χ0) is 17.4. The molecule has 1 aliphatic rings. The van der Waals surface area contributed by atoms with Gasteiger partial charge in [-0.1, -0.05) is 30.3 Å². The van der Waals surface area contributed by atoms with Crippen LogP contribution in [0.25, 0.3) is 0 Å². The molecular weight excluding hydrogens is 308 g/mol. The molecule has 0 radical (unpaired) electrons. The summed E-state index contributed by atoms with van der Waals surface area (Å²) in [6.45, 7) is 8.15. The van der Waals surface area contributed by atoms with E-state index in [0.717, 1.165) is 5.56 Å². The highest BCUT2D eigenvalue weighted by molar-refractivity contribution is 6.62. The van der Waals surface area contributed by atoms with Crippen molar-refractivity contribution in [3.63, 3.8) is 0 Å². The Bertz CT molecular complexity index is 705. The van der Waals surface area contributed by atoms with Crippen molar-refractivity contribution in [2.75, 3.05) is 0 Å². The molecular formula is C18H21BFNO3. The Balaban J connectivity index is 1.77. The fourth-order valence-corrected chi connectivity index (χ4v) is 2.39. The van der Waals surface area contributed by atoms with Gasteiger partial charge in [0.15, 0.2) is 5.75 Å². The summed E-state index contributed by atoms with van der Waals surface area (Å²) >= 11 is 0. The van der Waals surface area contributed by atoms with E-state index in [2.05, 4.69) is 4.98 Å². The van der Waals surface area contributed by atoms with Crippen molar-refractivity contribution in [3.05, 3.63) is 54.1 Å². The summed E-state index contributed by atoms with van der Waals surface area (Å²) in [6.07, 6.45) is 1.42. The van der Waals surface area contributed by atoms with Crippen LogP contribution in [0.15, 0.2) is 42.6 Å². The Morgan fingerprint density at radius 2 is 1.71 bits per heavy atom. The second-order valence-electron chi connectivity index (χ2n) is 6.92. The molecule has 1 aromatic carbocycles. The van der Waals surface area contributed by atoms with E-state index < -0.39 is 24.3 Å². The van der Waals surface area contributed by atoms with Gasteiger partial charge in [0, 0.05) is 11.7 Å². The lowest BCUT2D eigenvalue weighted by Crippen LogP contribution is -2.41. The van der Waals surface area contributed by atoms with Crippen LogP contribution < -0.4 is 10.2 Å². The van der Waals surface area contributed by atoms with Crippen molar-refractivity contribution < 1.29 is 18.4 Å². The molecule has 24 heavy (non-hydrogen) atoms. The second-order valence-corrected chi connectivity index (χ2v) is 6.92. The highest BCUT2D eigenvalue weighted by Crippen LogP contribution is 2.36. The average molecular weight is 329 g/mol. The lowest BCUT2D eigenvalue weighted by Gasteiger charge is -2.32. The SMILES string of the molecule is CC1(C)OB(c2cnc(F)c(OCc3ccccc3)c2)OC1(C)C. The highest BCUT2D eigenvalue weighted by Gasteiger charge is 2.52. The van der Waals surface area contributed by atoms with E-state index in [1.807, 2.05) is 58.0 Å². The van der Waals surface area contributed by atoms with Crippen LogP contribution in [0.3, 0.4) is 0 Å². The summed E-state index contributed by atoms with van der Waals surface area (Å²) in [5, 5.41) is 0. The zero-order valence-electron chi connectivity index (χ0n) is 14.4. The lowest BCUT2D eigenvalue weighted by molar-refractivity contribution is 0.00578. The van der Waals surface area contributed by atoms with E-state index in [4.69, 9.17) is 14.0 Å². The van der Waals surface area contributed by atoms with Crippen molar-refractivity contribution in [2.45, 2.75) is 45.5 Å². The van der Waals surface area contributed by atoms with Gasteiger partial charge in [-0.2, -0.15) is 4.39 Å². The Kier molecular flexibility index (Phi) is 4.36. The number of ether oxygens (including phenoxy) is 1. The van der Waals surface area contributed by atoms with E-state index in [0.29, 0.717) is 5.46 Å². The molecule has 1 fully saturated rings. The van der Waals surface area contributed by atoms with Crippen molar-refractivity contribution in [2.24, 2.45) is 0 Å². The number of hydrogen-bond donors (Lipinski definition) is 0. The molecule has 0 unspecified atom stereocenters. The Labute approximate surface area is 142 Å². The van der Waals surface area contributed by atoms with Crippen LogP contribution >= 0.6 is 0 Å². The van der Waals surface area contributed by atoms with Gasteiger partial charge in [0.2, 0.25) is 0 Å². The molecule has 126 valence electrons. The van der Waals surface area contributed by atoms with Gasteiger partial charge in [0.05, 0.1) is 11.2 Å². The predicted octanol–water partition coefficient (Wildman–Crippen LogP) is 3.10. The fraction of sp³-hybridized carbons (Fsp3) is 0.389. The van der Waals surface area contributed by atoms with E-state index in [1.165, 1.54) is 6.20 Å². The van der Waals surface area contributed by atoms with Crippen LogP contribution in [0, 0.1) is 5.95 Å². The molecule has 0 saturated carbocycles. The fourth-order valence-electron chi connectivity index (χ4n) is 2.39. The third kappa shape index (κ3) is 3.30. The number of hydrogen-bond acceptors (Lipinski definition) is 4. The van der Waals surface area contributed by atoms with Crippen molar-refractivity contribution in [1.29, 1.82) is 0 Å². The number of benzene rings is 1. The number of halogens is 1. The molecule has 3 rings (SSSR count). The third-order valence-electron chi connectivity index (χ3n) is 4.59. The van der Waals surface area contributed by atoms with Crippen LogP contribution in [0.5, 0.6) is 5.75 Å². The molecule has 1 aromatic heterocycles. The van der Waals surface area contributed by atoms with Gasteiger partial charge in [-0.25, -0.2) is 4.98 Å². The van der Waals surface area contributed by atoms with Gasteiger partial charge in [-0.05, 0) is 39.3 Å². The monoisotopic (exact) mass is 329 g/mol. The molecule has 4 nitrogen and oxygen atoms in total. The largest absolute Gasteiger partial charge is 0.496 e. The predicted molar refractivity (Wildman–Crippen MR) is 90.7 cm³/mol. The number of pyridine rings is 1. The standard InChI is InChI=1S/C18H21BFNO3/c1-17(2)18(3,4)24-19(23-17)14-10-15(16(20)21-11-14)22-12-13-8-6-5-7-9-13/h5-11H,12H2,1-4H3. The van der Waals surface area contributed by atoms with Gasteiger partial charge in [0.25, 0.3) is 5.95 Å². The maximum Gasteiger partial charge on any atom is 0.496 e. The van der Waals surface area contributed by atoms with Gasteiger partial charge in [-0.15, -0.1) is 0 Å². The highest BCUT2D eigenvalue weighted by atomic mass is 19.1. The van der Waals surface area contributed by atoms with E-state index in [9.17, 15) is 4.39 Å². The molecule has 2 aromatic rings. The van der Waals surface area contributed by atoms with Crippen molar-refractivity contribution in [1.82, 2.24) is 4.98 Å². The molecule has 0 N–H and O–H groups in total. The Hall–Kier alpha value is -1.92. The van der Waals surface area contributed by atoms with Crippen LogP contribution in [0.4, 0.5) is 4.39 Å². The smallest absolute Gasteiger partial charge is 0.484 e. The minimum atomic E-state index is -0.647. The van der Waals surface area contributed by atoms with E-state index in [1.54, 1.807) is 6.07 Å². The molecule has 0 amide bonds. The summed E-state index contributed by atoms with van der Waals surface area (Å²) in [6, 6.07) is 11.2. The first-order chi connectivity index (χ1) is 11.3. The lowest BCUT2D eigenvalue weighted by atomic mass is 9.80.